The minimum Gasteiger partial charge on any atom is -0.497 e. The van der Waals surface area contributed by atoms with E-state index in [2.05, 4.69) is 0 Å². The van der Waals surface area contributed by atoms with E-state index in [1.54, 1.807) is 33.2 Å². The molecule has 0 aliphatic rings. The Morgan fingerprint density at radius 3 is 2.48 bits per heavy atom. The maximum atomic E-state index is 14.0. The van der Waals surface area contributed by atoms with Crippen molar-refractivity contribution in [1.82, 2.24) is 4.90 Å². The van der Waals surface area contributed by atoms with Gasteiger partial charge >= 0.3 is 0 Å². The van der Waals surface area contributed by atoms with Gasteiger partial charge in [-0.1, -0.05) is 24.3 Å². The third-order valence-corrected chi connectivity index (χ3v) is 3.35. The maximum absolute atomic E-state index is 14.0. The van der Waals surface area contributed by atoms with Crippen LogP contribution in [-0.4, -0.2) is 25.0 Å². The molecule has 0 fully saturated rings. The molecule has 4 heteroatoms. The molecule has 0 radical (unpaired) electrons. The Balaban J connectivity index is 2.13. The fourth-order valence-corrected chi connectivity index (χ4v) is 2.09. The van der Waals surface area contributed by atoms with Crippen LogP contribution in [0.3, 0.4) is 0 Å². The summed E-state index contributed by atoms with van der Waals surface area (Å²) >= 11 is 0. The van der Waals surface area contributed by atoms with Crippen LogP contribution < -0.4 is 4.74 Å². The molecule has 2 rings (SSSR count). The number of aryl methyl sites for hydroxylation is 1. The van der Waals surface area contributed by atoms with Crippen molar-refractivity contribution in [3.05, 3.63) is 65.0 Å². The SMILES string of the molecule is COc1ccc(CN(C)C(=O)c2cccc(C)c2F)cc1. The monoisotopic (exact) mass is 287 g/mol. The van der Waals surface area contributed by atoms with Gasteiger partial charge in [0, 0.05) is 13.6 Å². The number of ether oxygens (including phenoxy) is 1. The van der Waals surface area contributed by atoms with Crippen LogP contribution in [0, 0.1) is 12.7 Å². The Labute approximate surface area is 124 Å². The molecule has 110 valence electrons. The van der Waals surface area contributed by atoms with E-state index in [-0.39, 0.29) is 11.5 Å². The number of benzene rings is 2. The standard InChI is InChI=1S/C17H18FNO2/c1-12-5-4-6-15(16(12)18)17(20)19(2)11-13-7-9-14(21-3)10-8-13/h4-10H,11H2,1-3H3. The molecule has 2 aromatic carbocycles. The molecule has 2 aromatic rings. The second-order valence-electron chi connectivity index (χ2n) is 4.95. The Kier molecular flexibility index (Phi) is 4.58. The van der Waals surface area contributed by atoms with Crippen LogP contribution in [0.1, 0.15) is 21.5 Å². The molecule has 0 spiro atoms. The maximum Gasteiger partial charge on any atom is 0.256 e. The van der Waals surface area contributed by atoms with Crippen molar-refractivity contribution in [3.8, 4) is 5.75 Å². The second-order valence-corrected chi connectivity index (χ2v) is 4.95. The van der Waals surface area contributed by atoms with Crippen molar-refractivity contribution >= 4 is 5.91 Å². The van der Waals surface area contributed by atoms with Gasteiger partial charge in [0.2, 0.25) is 0 Å². The van der Waals surface area contributed by atoms with Gasteiger partial charge in [-0.05, 0) is 36.2 Å². The van der Waals surface area contributed by atoms with Gasteiger partial charge in [-0.15, -0.1) is 0 Å². The Morgan fingerprint density at radius 2 is 1.86 bits per heavy atom. The molecular formula is C17H18FNO2. The number of hydrogen-bond donors (Lipinski definition) is 0. The first-order valence-electron chi connectivity index (χ1n) is 6.66. The summed E-state index contributed by atoms with van der Waals surface area (Å²) in [6.07, 6.45) is 0. The highest BCUT2D eigenvalue weighted by Crippen LogP contribution is 2.16. The molecule has 0 heterocycles. The van der Waals surface area contributed by atoms with E-state index in [4.69, 9.17) is 4.74 Å². The number of methoxy groups -OCH3 is 1. The van der Waals surface area contributed by atoms with Crippen molar-refractivity contribution in [2.24, 2.45) is 0 Å². The van der Waals surface area contributed by atoms with Gasteiger partial charge in [-0.3, -0.25) is 4.79 Å². The predicted octanol–water partition coefficient (Wildman–Crippen LogP) is 3.41. The molecule has 3 nitrogen and oxygen atoms in total. The van der Waals surface area contributed by atoms with Gasteiger partial charge in [-0.2, -0.15) is 0 Å². The van der Waals surface area contributed by atoms with Crippen LogP contribution in [-0.2, 0) is 6.54 Å². The Hall–Kier alpha value is -2.36. The molecule has 0 saturated heterocycles. The lowest BCUT2D eigenvalue weighted by atomic mass is 10.1. The normalized spacial score (nSPS) is 10.3. The molecule has 21 heavy (non-hydrogen) atoms. The van der Waals surface area contributed by atoms with Crippen molar-refractivity contribution in [3.63, 3.8) is 0 Å². The first kappa shape index (κ1) is 15.0. The summed E-state index contributed by atoms with van der Waals surface area (Å²) in [5.74, 6) is -0.0199. The quantitative estimate of drug-likeness (QED) is 0.862. The first-order chi connectivity index (χ1) is 10.0. The molecule has 0 atom stereocenters. The number of amides is 1. The van der Waals surface area contributed by atoms with Crippen molar-refractivity contribution < 1.29 is 13.9 Å². The fraction of sp³-hybridized carbons (Fsp3) is 0.235. The lowest BCUT2D eigenvalue weighted by Gasteiger charge is -2.18. The van der Waals surface area contributed by atoms with Gasteiger partial charge in [0.15, 0.2) is 0 Å². The summed E-state index contributed by atoms with van der Waals surface area (Å²) in [5, 5.41) is 0. The zero-order valence-corrected chi connectivity index (χ0v) is 12.4. The molecule has 0 aliphatic heterocycles. The number of rotatable bonds is 4. The minimum atomic E-state index is -0.455. The van der Waals surface area contributed by atoms with Gasteiger partial charge in [-0.25, -0.2) is 4.39 Å². The highest BCUT2D eigenvalue weighted by molar-refractivity contribution is 5.94. The zero-order valence-electron chi connectivity index (χ0n) is 12.4. The summed E-state index contributed by atoms with van der Waals surface area (Å²) < 4.78 is 19.1. The van der Waals surface area contributed by atoms with E-state index in [0.717, 1.165) is 11.3 Å². The first-order valence-corrected chi connectivity index (χ1v) is 6.66. The summed E-state index contributed by atoms with van der Waals surface area (Å²) in [6.45, 7) is 2.06. The van der Waals surface area contributed by atoms with Crippen LogP contribution in [0.4, 0.5) is 4.39 Å². The predicted molar refractivity (Wildman–Crippen MR) is 79.9 cm³/mol. The van der Waals surface area contributed by atoms with Crippen LogP contribution >= 0.6 is 0 Å². The molecule has 0 N–H and O–H groups in total. The smallest absolute Gasteiger partial charge is 0.256 e. The molecule has 0 aromatic heterocycles. The highest BCUT2D eigenvalue weighted by atomic mass is 19.1. The van der Waals surface area contributed by atoms with Crippen LogP contribution in [0.25, 0.3) is 0 Å². The van der Waals surface area contributed by atoms with Crippen LogP contribution in [0.15, 0.2) is 42.5 Å². The van der Waals surface area contributed by atoms with Gasteiger partial charge in [0.1, 0.15) is 11.6 Å². The van der Waals surface area contributed by atoms with E-state index in [0.29, 0.717) is 12.1 Å². The average molecular weight is 287 g/mol. The van der Waals surface area contributed by atoms with Crippen LogP contribution in [0.5, 0.6) is 5.75 Å². The number of carbonyl (C=O) groups excluding carboxylic acids is 1. The lowest BCUT2D eigenvalue weighted by molar-refractivity contribution is 0.0780. The molecule has 0 bridgehead atoms. The second kappa shape index (κ2) is 6.39. The van der Waals surface area contributed by atoms with Crippen molar-refractivity contribution in [1.29, 1.82) is 0 Å². The zero-order chi connectivity index (χ0) is 15.4. The Morgan fingerprint density at radius 1 is 1.19 bits per heavy atom. The number of carbonyl (C=O) groups is 1. The van der Waals surface area contributed by atoms with Crippen LogP contribution in [0.2, 0.25) is 0 Å². The summed E-state index contributed by atoms with van der Waals surface area (Å²) in [7, 11) is 3.26. The molecular weight excluding hydrogens is 269 g/mol. The summed E-state index contributed by atoms with van der Waals surface area (Å²) in [4.78, 5) is 13.8. The number of halogens is 1. The third kappa shape index (κ3) is 3.40. The highest BCUT2D eigenvalue weighted by Gasteiger charge is 2.17. The largest absolute Gasteiger partial charge is 0.497 e. The lowest BCUT2D eigenvalue weighted by Crippen LogP contribution is -2.27. The molecule has 0 saturated carbocycles. The topological polar surface area (TPSA) is 29.5 Å². The number of nitrogens with zero attached hydrogens (tertiary/aromatic N) is 1. The third-order valence-electron chi connectivity index (χ3n) is 3.35. The molecule has 1 amide bonds. The molecule has 0 aliphatic carbocycles. The average Bonchev–Trinajstić information content (AvgIpc) is 2.50. The van der Waals surface area contributed by atoms with E-state index in [9.17, 15) is 9.18 Å². The van der Waals surface area contributed by atoms with Gasteiger partial charge < -0.3 is 9.64 Å². The van der Waals surface area contributed by atoms with E-state index in [1.165, 1.54) is 11.0 Å². The van der Waals surface area contributed by atoms with Crippen molar-refractivity contribution in [2.75, 3.05) is 14.2 Å². The number of hydrogen-bond acceptors (Lipinski definition) is 2. The van der Waals surface area contributed by atoms with Gasteiger partial charge in [0.25, 0.3) is 5.91 Å². The molecule has 0 unspecified atom stereocenters. The Bertz CT molecular complexity index is 638. The fourth-order valence-electron chi connectivity index (χ4n) is 2.09. The van der Waals surface area contributed by atoms with E-state index < -0.39 is 5.82 Å². The van der Waals surface area contributed by atoms with E-state index in [1.807, 2.05) is 24.3 Å². The van der Waals surface area contributed by atoms with Crippen molar-refractivity contribution in [2.45, 2.75) is 13.5 Å². The van der Waals surface area contributed by atoms with E-state index >= 15 is 0 Å². The minimum absolute atomic E-state index is 0.103. The summed E-state index contributed by atoms with van der Waals surface area (Å²) in [5.41, 5.74) is 1.53. The van der Waals surface area contributed by atoms with Gasteiger partial charge in [0.05, 0.1) is 12.7 Å². The summed E-state index contributed by atoms with van der Waals surface area (Å²) in [6, 6.07) is 12.3.